The standard InChI is InChI=1S/C22H28N4O2/c27-21-14-20(13-18-5-2-1-3-6-18)15-25(21)17-22(28)24-11-7-19(8-12-24)16-26-10-4-9-23-26/h1-6,9-10,19-20H,7-8,11-17H2. The Labute approximate surface area is 166 Å². The average Bonchev–Trinajstić information content (AvgIpc) is 3.33. The zero-order chi connectivity index (χ0) is 19.3. The molecule has 2 amide bonds. The molecule has 1 aromatic heterocycles. The third-order valence-electron chi connectivity index (χ3n) is 5.96. The van der Waals surface area contributed by atoms with E-state index < -0.39 is 0 Å². The molecule has 2 aliphatic heterocycles. The molecule has 28 heavy (non-hydrogen) atoms. The maximum atomic E-state index is 12.7. The molecule has 0 saturated carbocycles. The highest BCUT2D eigenvalue weighted by Crippen LogP contribution is 2.23. The number of likely N-dealkylation sites (tertiary alicyclic amines) is 2. The zero-order valence-corrected chi connectivity index (χ0v) is 16.2. The van der Waals surface area contributed by atoms with Crippen LogP contribution in [0.15, 0.2) is 48.8 Å². The third-order valence-corrected chi connectivity index (χ3v) is 5.96. The summed E-state index contributed by atoms with van der Waals surface area (Å²) < 4.78 is 1.97. The van der Waals surface area contributed by atoms with E-state index in [0.717, 1.165) is 38.9 Å². The van der Waals surface area contributed by atoms with Crippen LogP contribution in [0.25, 0.3) is 0 Å². The minimum Gasteiger partial charge on any atom is -0.341 e. The van der Waals surface area contributed by atoms with E-state index in [0.29, 0.717) is 24.8 Å². The minimum atomic E-state index is 0.0891. The van der Waals surface area contributed by atoms with Crippen LogP contribution in [0.5, 0.6) is 0 Å². The Morgan fingerprint density at radius 2 is 1.86 bits per heavy atom. The molecule has 0 radical (unpaired) electrons. The summed E-state index contributed by atoms with van der Waals surface area (Å²) in [6.07, 6.45) is 7.23. The lowest BCUT2D eigenvalue weighted by Crippen LogP contribution is -2.45. The van der Waals surface area contributed by atoms with Gasteiger partial charge in [-0.3, -0.25) is 14.3 Å². The molecule has 6 heteroatoms. The Morgan fingerprint density at radius 3 is 2.57 bits per heavy atom. The SMILES string of the molecule is O=C(CN1CC(Cc2ccccc2)CC1=O)N1CCC(Cn2cccn2)CC1. The second-order valence-corrected chi connectivity index (χ2v) is 8.09. The fraction of sp³-hybridized carbons (Fsp3) is 0.500. The number of carbonyl (C=O) groups excluding carboxylic acids is 2. The number of carbonyl (C=O) groups is 2. The first-order chi connectivity index (χ1) is 13.7. The monoisotopic (exact) mass is 380 g/mol. The second-order valence-electron chi connectivity index (χ2n) is 8.09. The van der Waals surface area contributed by atoms with Crippen molar-refractivity contribution in [2.45, 2.75) is 32.2 Å². The van der Waals surface area contributed by atoms with Crippen molar-refractivity contribution >= 4 is 11.8 Å². The van der Waals surface area contributed by atoms with Crippen LogP contribution in [0.3, 0.4) is 0 Å². The first-order valence-electron chi connectivity index (χ1n) is 10.2. The number of hydrogen-bond donors (Lipinski definition) is 0. The summed E-state index contributed by atoms with van der Waals surface area (Å²) in [6.45, 7) is 3.39. The second kappa shape index (κ2) is 8.59. The van der Waals surface area contributed by atoms with Gasteiger partial charge in [0, 0.05) is 45.0 Å². The highest BCUT2D eigenvalue weighted by Gasteiger charge is 2.32. The predicted molar refractivity (Wildman–Crippen MR) is 106 cm³/mol. The van der Waals surface area contributed by atoms with Crippen LogP contribution in [0, 0.1) is 11.8 Å². The Morgan fingerprint density at radius 1 is 1.07 bits per heavy atom. The Balaban J connectivity index is 1.23. The topological polar surface area (TPSA) is 58.4 Å². The lowest BCUT2D eigenvalue weighted by Gasteiger charge is -2.33. The van der Waals surface area contributed by atoms with E-state index in [4.69, 9.17) is 0 Å². The number of rotatable bonds is 6. The number of hydrogen-bond acceptors (Lipinski definition) is 3. The summed E-state index contributed by atoms with van der Waals surface area (Å²) in [5.74, 6) is 1.07. The first-order valence-corrected chi connectivity index (χ1v) is 10.2. The van der Waals surface area contributed by atoms with Gasteiger partial charge in [-0.1, -0.05) is 30.3 Å². The lowest BCUT2D eigenvalue weighted by atomic mass is 9.97. The largest absolute Gasteiger partial charge is 0.341 e. The van der Waals surface area contributed by atoms with E-state index in [1.807, 2.05) is 40.0 Å². The Bertz CT molecular complexity index is 782. The van der Waals surface area contributed by atoms with Gasteiger partial charge >= 0.3 is 0 Å². The van der Waals surface area contributed by atoms with Gasteiger partial charge in [-0.25, -0.2) is 0 Å². The summed E-state index contributed by atoms with van der Waals surface area (Å²) in [6, 6.07) is 12.2. The quantitative estimate of drug-likeness (QED) is 0.772. The molecule has 1 atom stereocenters. The lowest BCUT2D eigenvalue weighted by molar-refractivity contribution is -0.139. The molecule has 2 aliphatic rings. The van der Waals surface area contributed by atoms with Crippen molar-refractivity contribution < 1.29 is 9.59 Å². The van der Waals surface area contributed by atoms with Crippen molar-refractivity contribution in [2.24, 2.45) is 11.8 Å². The molecule has 1 unspecified atom stereocenters. The van der Waals surface area contributed by atoms with Gasteiger partial charge in [-0.05, 0) is 42.7 Å². The molecule has 3 heterocycles. The summed E-state index contributed by atoms with van der Waals surface area (Å²) in [5.41, 5.74) is 1.26. The van der Waals surface area contributed by atoms with E-state index in [1.54, 1.807) is 11.1 Å². The van der Waals surface area contributed by atoms with Gasteiger partial charge in [0.15, 0.2) is 0 Å². The van der Waals surface area contributed by atoms with Crippen LogP contribution in [-0.2, 0) is 22.6 Å². The first kappa shape index (κ1) is 18.7. The van der Waals surface area contributed by atoms with Crippen LogP contribution < -0.4 is 0 Å². The van der Waals surface area contributed by atoms with Gasteiger partial charge in [0.2, 0.25) is 11.8 Å². The summed E-state index contributed by atoms with van der Waals surface area (Å²) in [7, 11) is 0. The van der Waals surface area contributed by atoms with Crippen LogP contribution in [0.1, 0.15) is 24.8 Å². The van der Waals surface area contributed by atoms with E-state index in [1.165, 1.54) is 5.56 Å². The number of benzene rings is 1. The summed E-state index contributed by atoms with van der Waals surface area (Å²) >= 11 is 0. The Hall–Kier alpha value is -2.63. The zero-order valence-electron chi connectivity index (χ0n) is 16.2. The molecule has 6 nitrogen and oxygen atoms in total. The van der Waals surface area contributed by atoms with Crippen LogP contribution in [0.4, 0.5) is 0 Å². The van der Waals surface area contributed by atoms with Crippen molar-refractivity contribution in [1.82, 2.24) is 19.6 Å². The summed E-state index contributed by atoms with van der Waals surface area (Å²) in [5, 5.41) is 4.27. The maximum absolute atomic E-state index is 12.7. The van der Waals surface area contributed by atoms with E-state index in [2.05, 4.69) is 17.2 Å². The molecule has 4 rings (SSSR count). The van der Waals surface area contributed by atoms with Crippen molar-refractivity contribution in [3.8, 4) is 0 Å². The third kappa shape index (κ3) is 4.61. The van der Waals surface area contributed by atoms with Crippen molar-refractivity contribution in [1.29, 1.82) is 0 Å². The van der Waals surface area contributed by atoms with Crippen molar-refractivity contribution in [3.05, 3.63) is 54.4 Å². The molecule has 2 fully saturated rings. The average molecular weight is 380 g/mol. The number of aromatic nitrogens is 2. The van der Waals surface area contributed by atoms with Gasteiger partial charge in [-0.15, -0.1) is 0 Å². The van der Waals surface area contributed by atoms with Crippen LogP contribution >= 0.6 is 0 Å². The number of nitrogens with zero attached hydrogens (tertiary/aromatic N) is 4. The minimum absolute atomic E-state index is 0.0891. The van der Waals surface area contributed by atoms with E-state index in [-0.39, 0.29) is 18.4 Å². The van der Waals surface area contributed by atoms with Crippen LogP contribution in [0.2, 0.25) is 0 Å². The smallest absolute Gasteiger partial charge is 0.242 e. The van der Waals surface area contributed by atoms with Crippen molar-refractivity contribution in [2.75, 3.05) is 26.2 Å². The fourth-order valence-electron chi connectivity index (χ4n) is 4.39. The number of piperidine rings is 1. The molecule has 0 spiro atoms. The summed E-state index contributed by atoms with van der Waals surface area (Å²) in [4.78, 5) is 28.8. The molecule has 148 valence electrons. The van der Waals surface area contributed by atoms with Gasteiger partial charge in [-0.2, -0.15) is 5.10 Å². The maximum Gasteiger partial charge on any atom is 0.242 e. The normalized spacial score (nSPS) is 20.7. The number of amides is 2. The predicted octanol–water partition coefficient (Wildman–Crippen LogP) is 2.21. The highest BCUT2D eigenvalue weighted by molar-refractivity contribution is 5.86. The molecule has 0 bridgehead atoms. The molecule has 0 N–H and O–H groups in total. The highest BCUT2D eigenvalue weighted by atomic mass is 16.2. The van der Waals surface area contributed by atoms with Gasteiger partial charge in [0.25, 0.3) is 0 Å². The van der Waals surface area contributed by atoms with Gasteiger partial charge < -0.3 is 9.80 Å². The van der Waals surface area contributed by atoms with Crippen LogP contribution in [-0.4, -0.2) is 57.6 Å². The molecule has 1 aromatic carbocycles. The van der Waals surface area contributed by atoms with Crippen molar-refractivity contribution in [3.63, 3.8) is 0 Å². The van der Waals surface area contributed by atoms with Gasteiger partial charge in [0.05, 0.1) is 6.54 Å². The molecule has 2 saturated heterocycles. The molecular weight excluding hydrogens is 352 g/mol. The Kier molecular flexibility index (Phi) is 5.74. The molecule has 0 aliphatic carbocycles. The van der Waals surface area contributed by atoms with E-state index in [9.17, 15) is 9.59 Å². The fourth-order valence-corrected chi connectivity index (χ4v) is 4.39. The van der Waals surface area contributed by atoms with E-state index >= 15 is 0 Å². The van der Waals surface area contributed by atoms with Gasteiger partial charge in [0.1, 0.15) is 0 Å². The molecule has 2 aromatic rings. The molecular formula is C22H28N4O2.